The Kier molecular flexibility index (Phi) is 49.7. The molecule has 0 heterocycles. The zero-order valence-electron chi connectivity index (χ0n) is 50.9. The van der Waals surface area contributed by atoms with Gasteiger partial charge in [-0.15, -0.1) is 0 Å². The minimum Gasteiger partial charge on any atom is -0.353 e. The summed E-state index contributed by atoms with van der Waals surface area (Å²) < 4.78 is 20.3. The Morgan fingerprint density at radius 3 is 0.732 bits per heavy atom. The molecule has 0 amide bonds. The van der Waals surface area contributed by atoms with Crippen LogP contribution in [0.5, 0.6) is 0 Å². The van der Waals surface area contributed by atoms with Gasteiger partial charge in [-0.05, 0) is 199 Å². The van der Waals surface area contributed by atoms with Crippen molar-refractivity contribution in [2.45, 2.75) is 328 Å². The molecule has 0 radical (unpaired) electrons. The third-order valence-electron chi connectivity index (χ3n) is 16.4. The molecule has 0 saturated carbocycles. The van der Waals surface area contributed by atoms with E-state index < -0.39 is 0 Å². The lowest BCUT2D eigenvalue weighted by Gasteiger charge is -2.27. The summed E-state index contributed by atoms with van der Waals surface area (Å²) in [6.45, 7) is 36.3. The van der Waals surface area contributed by atoms with Gasteiger partial charge >= 0.3 is 0 Å². The number of halogens is 2. The lowest BCUT2D eigenvalue weighted by Crippen LogP contribution is -2.28. The van der Waals surface area contributed by atoms with Crippen molar-refractivity contribution in [2.24, 2.45) is 71.0 Å². The molecule has 0 rings (SSSR count). The van der Waals surface area contributed by atoms with Crippen LogP contribution in [0.4, 0.5) is 0 Å². The maximum atomic E-state index is 6.96. The summed E-state index contributed by atoms with van der Waals surface area (Å²) in [6.07, 6.45) is 43.8. The van der Waals surface area contributed by atoms with Crippen LogP contribution in [-0.4, -0.2) is 36.5 Å². The van der Waals surface area contributed by atoms with Crippen molar-refractivity contribution in [3.63, 3.8) is 0 Å². The number of hydrogen-bond donors (Lipinski definition) is 0. The van der Waals surface area contributed by atoms with E-state index in [9.17, 15) is 0 Å². The highest BCUT2D eigenvalue weighted by molar-refractivity contribution is 9.09. The Balaban J connectivity index is 5.38. The molecule has 0 fully saturated rings. The molecule has 0 aromatic carbocycles. The molecule has 0 bridgehead atoms. The van der Waals surface area contributed by atoms with Crippen LogP contribution in [-0.2, 0) is 14.2 Å². The molecular formula is C66H132Br2O3. The van der Waals surface area contributed by atoms with E-state index >= 15 is 0 Å². The second-order valence-electron chi connectivity index (χ2n) is 26.1. The fourth-order valence-corrected chi connectivity index (χ4v) is 14.0. The minimum absolute atomic E-state index is 0.165. The monoisotopic (exact) mass is 1130 g/mol. The van der Waals surface area contributed by atoms with Crippen molar-refractivity contribution in [3.05, 3.63) is 0 Å². The number of hydrogen-bond acceptors (Lipinski definition) is 3. The van der Waals surface area contributed by atoms with Crippen molar-refractivity contribution in [1.82, 2.24) is 0 Å². The first-order valence-corrected chi connectivity index (χ1v) is 34.3. The van der Waals surface area contributed by atoms with Crippen LogP contribution in [0.2, 0.25) is 0 Å². The molecule has 0 aromatic rings. The van der Waals surface area contributed by atoms with Gasteiger partial charge in [-0.2, -0.15) is 0 Å². The predicted octanol–water partition coefficient (Wildman–Crippen LogP) is 23.4. The van der Waals surface area contributed by atoms with Gasteiger partial charge in [0.15, 0.2) is 12.6 Å². The average Bonchev–Trinajstić information content (AvgIpc) is 3.28. The molecule has 14 unspecified atom stereocenters. The molecule has 0 saturated heterocycles. The quantitative estimate of drug-likeness (QED) is 0.0345. The summed E-state index contributed by atoms with van der Waals surface area (Å²) in [7, 11) is 0. The Bertz CT molecular complexity index is 1010. The molecule has 0 aliphatic heterocycles. The van der Waals surface area contributed by atoms with E-state index in [0.717, 1.165) is 121 Å². The Labute approximate surface area is 466 Å². The lowest BCUT2D eigenvalue weighted by atomic mass is 9.81. The third-order valence-corrected chi connectivity index (χ3v) is 17.5. The van der Waals surface area contributed by atoms with Crippen LogP contribution in [0, 0.1) is 71.0 Å². The standard InChI is InChI=1S/C66H132Br2O3/c1-15-17-19-21-23-25-27-41-69-65(37-29-33-53(3)43-57(7)47-61(11)51-63(13)49-59(9)45-55(5)35-31-39-67)71-66(70-42-28-26-24-22-20-18-16-2)38-30-34-54(4)44-58(8)48-62(12)52-64(14)50-60(10)46-56(6)36-32-40-68/h53-66H,15-52H2,1-14H3. The summed E-state index contributed by atoms with van der Waals surface area (Å²) in [6, 6.07) is 0. The number of unbranched alkanes of at least 4 members (excludes halogenated alkanes) is 12. The molecule has 3 nitrogen and oxygen atoms in total. The first kappa shape index (κ1) is 71.8. The summed E-state index contributed by atoms with van der Waals surface area (Å²) in [5.74, 6) is 9.67. The van der Waals surface area contributed by atoms with Crippen molar-refractivity contribution in [3.8, 4) is 0 Å². The molecule has 0 aliphatic carbocycles. The largest absolute Gasteiger partial charge is 0.353 e. The van der Waals surface area contributed by atoms with Gasteiger partial charge in [0.1, 0.15) is 0 Å². The van der Waals surface area contributed by atoms with Crippen molar-refractivity contribution in [1.29, 1.82) is 0 Å². The summed E-state index contributed by atoms with van der Waals surface area (Å²) in [5, 5.41) is 2.29. The zero-order chi connectivity index (χ0) is 53.1. The van der Waals surface area contributed by atoms with E-state index in [4.69, 9.17) is 14.2 Å². The lowest BCUT2D eigenvalue weighted by molar-refractivity contribution is -0.250. The average molecular weight is 1130 g/mol. The van der Waals surface area contributed by atoms with E-state index in [1.54, 1.807) is 0 Å². The van der Waals surface area contributed by atoms with Gasteiger partial charge in [0, 0.05) is 23.9 Å². The molecule has 5 heteroatoms. The summed E-state index contributed by atoms with van der Waals surface area (Å²) >= 11 is 7.25. The van der Waals surface area contributed by atoms with Crippen LogP contribution in [0.3, 0.4) is 0 Å². The number of ether oxygens (including phenoxy) is 3. The van der Waals surface area contributed by atoms with Crippen molar-refractivity contribution in [2.75, 3.05) is 23.9 Å². The van der Waals surface area contributed by atoms with Gasteiger partial charge in [-0.3, -0.25) is 0 Å². The smallest absolute Gasteiger partial charge is 0.160 e. The van der Waals surface area contributed by atoms with Crippen LogP contribution >= 0.6 is 31.9 Å². The maximum absolute atomic E-state index is 6.96. The van der Waals surface area contributed by atoms with Crippen LogP contribution in [0.15, 0.2) is 0 Å². The molecule has 0 aliphatic rings. The van der Waals surface area contributed by atoms with Crippen molar-refractivity contribution >= 4 is 31.9 Å². The fraction of sp³-hybridized carbons (Fsp3) is 1.00. The van der Waals surface area contributed by atoms with Gasteiger partial charge in [-0.25, -0.2) is 0 Å². The molecule has 14 atom stereocenters. The van der Waals surface area contributed by atoms with E-state index in [-0.39, 0.29) is 12.6 Å². The Morgan fingerprint density at radius 2 is 0.479 bits per heavy atom. The van der Waals surface area contributed by atoms with Crippen LogP contribution in [0.1, 0.15) is 315 Å². The third kappa shape index (κ3) is 46.6. The van der Waals surface area contributed by atoms with Crippen molar-refractivity contribution < 1.29 is 14.2 Å². The van der Waals surface area contributed by atoms with E-state index in [0.29, 0.717) is 0 Å². The highest BCUT2D eigenvalue weighted by atomic mass is 79.9. The molecule has 0 spiro atoms. The van der Waals surface area contributed by atoms with Gasteiger partial charge in [-0.1, -0.05) is 219 Å². The maximum Gasteiger partial charge on any atom is 0.160 e. The summed E-state index contributed by atoms with van der Waals surface area (Å²) in [4.78, 5) is 0. The fourth-order valence-electron chi connectivity index (χ4n) is 13.3. The zero-order valence-corrected chi connectivity index (χ0v) is 54.1. The molecule has 0 N–H and O–H groups in total. The second-order valence-corrected chi connectivity index (χ2v) is 27.7. The molecule has 71 heavy (non-hydrogen) atoms. The van der Waals surface area contributed by atoms with Gasteiger partial charge in [0.25, 0.3) is 0 Å². The highest BCUT2D eigenvalue weighted by Gasteiger charge is 2.23. The predicted molar refractivity (Wildman–Crippen MR) is 326 cm³/mol. The SMILES string of the molecule is CCCCCCCCCOC(CCCC(C)CC(C)CC(C)CC(C)CC(C)CC(C)CCCBr)OC(CCCC(C)CC(C)CC(C)CC(C)CC(C)CC(C)CCCBr)OCCCCCCCCC. The topological polar surface area (TPSA) is 27.7 Å². The minimum atomic E-state index is -0.165. The highest BCUT2D eigenvalue weighted by Crippen LogP contribution is 2.33. The Morgan fingerprint density at radius 1 is 0.254 bits per heavy atom. The first-order valence-electron chi connectivity index (χ1n) is 32.0. The molecular weight excluding hydrogens is 1000 g/mol. The first-order chi connectivity index (χ1) is 34.0. The van der Waals surface area contributed by atoms with E-state index in [1.807, 2.05) is 0 Å². The van der Waals surface area contributed by atoms with E-state index in [1.165, 1.54) is 193 Å². The molecule has 0 aromatic heterocycles. The van der Waals surface area contributed by atoms with E-state index in [2.05, 4.69) is 129 Å². The normalized spacial score (nSPS) is 18.3. The number of rotatable bonds is 54. The number of alkyl halides is 2. The van der Waals surface area contributed by atoms with Gasteiger partial charge in [0.2, 0.25) is 0 Å². The second kappa shape index (κ2) is 49.2. The van der Waals surface area contributed by atoms with Gasteiger partial charge < -0.3 is 14.2 Å². The molecule has 428 valence electrons. The van der Waals surface area contributed by atoms with Gasteiger partial charge in [0.05, 0.1) is 0 Å². The van der Waals surface area contributed by atoms with Crippen LogP contribution in [0.25, 0.3) is 0 Å². The summed E-state index contributed by atoms with van der Waals surface area (Å²) in [5.41, 5.74) is 0. The Hall–Kier alpha value is 0.840. The van der Waals surface area contributed by atoms with Crippen LogP contribution < -0.4 is 0 Å².